The van der Waals surface area contributed by atoms with E-state index in [9.17, 15) is 18.4 Å². The van der Waals surface area contributed by atoms with Crippen LogP contribution in [0.2, 0.25) is 0 Å². The van der Waals surface area contributed by atoms with E-state index in [-0.39, 0.29) is 24.2 Å². The molecule has 0 radical (unpaired) electrons. The van der Waals surface area contributed by atoms with Crippen molar-refractivity contribution in [2.24, 2.45) is 16.1 Å². The summed E-state index contributed by atoms with van der Waals surface area (Å²) in [5, 5.41) is 17.2. The molecule has 0 spiro atoms. The summed E-state index contributed by atoms with van der Waals surface area (Å²) in [5.41, 5.74) is 5.60. The van der Waals surface area contributed by atoms with Gasteiger partial charge < -0.3 is 20.5 Å². The van der Waals surface area contributed by atoms with Gasteiger partial charge in [-0.2, -0.15) is 9.49 Å². The molecule has 3 heterocycles. The molecule has 0 saturated heterocycles. The van der Waals surface area contributed by atoms with Gasteiger partial charge in [0.15, 0.2) is 12.5 Å². The third-order valence-corrected chi connectivity index (χ3v) is 7.89. The first-order chi connectivity index (χ1) is 21.3. The van der Waals surface area contributed by atoms with E-state index in [0.29, 0.717) is 30.0 Å². The lowest BCUT2D eigenvalue weighted by atomic mass is 9.87. The Hall–Kier alpha value is -4.21. The highest BCUT2D eigenvalue weighted by molar-refractivity contribution is 7.13. The number of carbonyl (C=O) groups is 2. The van der Waals surface area contributed by atoms with Crippen molar-refractivity contribution in [1.82, 2.24) is 25.1 Å². The average Bonchev–Trinajstić information content (AvgIpc) is 3.69. The quantitative estimate of drug-likeness (QED) is 0.155. The van der Waals surface area contributed by atoms with Crippen LogP contribution in [0.4, 0.5) is 8.78 Å². The fourth-order valence-electron chi connectivity index (χ4n) is 4.31. The first-order valence-corrected chi connectivity index (χ1v) is 15.2. The van der Waals surface area contributed by atoms with E-state index in [1.165, 1.54) is 33.8 Å². The number of nitrogens with zero attached hydrogens (tertiary/aromatic N) is 5. The van der Waals surface area contributed by atoms with E-state index in [1.54, 1.807) is 6.20 Å². The number of thiazole rings is 1. The largest absolute Gasteiger partial charge is 0.441 e. The fraction of sp³-hybridized carbons (Fsp3) is 0.433. The molecule has 12 nitrogen and oxygen atoms in total. The number of nitrogens with one attached hydrogen (secondary N) is 2. The molecule has 4 N–H and O–H groups in total. The van der Waals surface area contributed by atoms with Crippen LogP contribution in [-0.2, 0) is 21.0 Å². The number of esters is 1. The monoisotopic (exact) mass is 642 g/mol. The van der Waals surface area contributed by atoms with Gasteiger partial charge in [-0.1, -0.05) is 20.8 Å². The van der Waals surface area contributed by atoms with Crippen molar-refractivity contribution in [3.05, 3.63) is 65.0 Å². The van der Waals surface area contributed by atoms with Crippen LogP contribution in [0.15, 0.2) is 46.8 Å². The van der Waals surface area contributed by atoms with E-state index in [4.69, 9.17) is 20.6 Å². The van der Waals surface area contributed by atoms with Crippen LogP contribution >= 0.6 is 11.3 Å². The topological polar surface area (TPSA) is 170 Å². The zero-order chi connectivity index (χ0) is 32.7. The molecule has 1 amide bonds. The van der Waals surface area contributed by atoms with Gasteiger partial charge in [-0.05, 0) is 50.2 Å². The van der Waals surface area contributed by atoms with Gasteiger partial charge in [0, 0.05) is 29.5 Å². The number of allylic oxidation sites excluding steroid dienone is 1. The molecule has 15 heteroatoms. The number of aromatic nitrogens is 4. The van der Waals surface area contributed by atoms with E-state index >= 15 is 0 Å². The van der Waals surface area contributed by atoms with Crippen molar-refractivity contribution in [2.45, 2.75) is 72.3 Å². The second-order valence-corrected chi connectivity index (χ2v) is 12.3. The van der Waals surface area contributed by atoms with E-state index < -0.39 is 46.5 Å². The summed E-state index contributed by atoms with van der Waals surface area (Å²) in [7, 11) is 0. The third-order valence-electron chi connectivity index (χ3n) is 7.00. The van der Waals surface area contributed by atoms with Gasteiger partial charge in [0.05, 0.1) is 24.2 Å². The Bertz CT molecular complexity index is 1600. The van der Waals surface area contributed by atoms with E-state index in [0.717, 1.165) is 30.7 Å². The molecule has 0 aliphatic heterocycles. The summed E-state index contributed by atoms with van der Waals surface area (Å²) in [6.45, 7) is 7.92. The molecule has 1 saturated carbocycles. The molecule has 1 atom stereocenters. The Balaban J connectivity index is 1.49. The summed E-state index contributed by atoms with van der Waals surface area (Å²) < 4.78 is 40.7. The molecule has 1 fully saturated rings. The molecule has 240 valence electrons. The Kier molecular flexibility index (Phi) is 11.0. The second kappa shape index (κ2) is 14.7. The second-order valence-electron chi connectivity index (χ2n) is 11.4. The lowest BCUT2D eigenvalue weighted by Crippen LogP contribution is -2.43. The zero-order valence-corrected chi connectivity index (χ0v) is 26.3. The maximum Gasteiger partial charge on any atom is 0.325 e. The number of hydrogen-bond acceptors (Lipinski definition) is 11. The molecule has 4 rings (SSSR count). The minimum absolute atomic E-state index is 0.0153. The molecular formula is C30H36F2N8O4S. The number of carbonyl (C=O) groups excluding carboxylic acids is 2. The number of halogens is 2. The van der Waals surface area contributed by atoms with Crippen LogP contribution < -0.4 is 11.1 Å². The predicted molar refractivity (Wildman–Crippen MR) is 165 cm³/mol. The zero-order valence-electron chi connectivity index (χ0n) is 25.5. The fourth-order valence-corrected chi connectivity index (χ4v) is 5.08. The third kappa shape index (κ3) is 8.93. The lowest BCUT2D eigenvalue weighted by molar-refractivity contribution is -0.152. The van der Waals surface area contributed by atoms with Gasteiger partial charge in [-0.25, -0.2) is 19.0 Å². The van der Waals surface area contributed by atoms with Crippen LogP contribution in [0, 0.1) is 22.6 Å². The lowest BCUT2D eigenvalue weighted by Gasteiger charge is -2.24. The van der Waals surface area contributed by atoms with Crippen LogP contribution in [0.1, 0.15) is 69.6 Å². The van der Waals surface area contributed by atoms with Crippen LogP contribution in [0.5, 0.6) is 0 Å². The number of nitrogens with two attached hydrogens (primary N) is 1. The highest BCUT2D eigenvalue weighted by Crippen LogP contribution is 2.24. The number of aliphatic imine (C=N–C) groups is 1. The van der Waals surface area contributed by atoms with Gasteiger partial charge in [0.1, 0.15) is 28.1 Å². The van der Waals surface area contributed by atoms with E-state index in [2.05, 4.69) is 25.4 Å². The molecule has 3 aromatic rings. The van der Waals surface area contributed by atoms with Crippen LogP contribution in [-0.4, -0.2) is 61.8 Å². The average molecular weight is 643 g/mol. The standard InChI is InChI=1S/C30H36F2N8O4S/c1-5-43-19-8-6-18(7-9-19)35-13-21(24(33)25-20(31)10-11-23(32)39-25)37-27(41)22-15-45-28(38-22)17-12-36-40(14-17)16-44-29(42)26(34)30(2,3)4/h10-15,19,26,33H,5-9,16,34H2,1-4H3,(H,37,41)/b21-13+,33-24?,35-18?/t19?,26-/m1/s1. The Morgan fingerprint density at radius 2 is 2.00 bits per heavy atom. The van der Waals surface area contributed by atoms with Crippen molar-refractivity contribution in [1.29, 1.82) is 5.41 Å². The van der Waals surface area contributed by atoms with Gasteiger partial charge in [0.25, 0.3) is 5.91 Å². The number of ether oxygens (including phenoxy) is 2. The minimum atomic E-state index is -0.973. The summed E-state index contributed by atoms with van der Waals surface area (Å²) in [6, 6.07) is 0.900. The van der Waals surface area contributed by atoms with Gasteiger partial charge in [-0.3, -0.25) is 20.0 Å². The smallest absolute Gasteiger partial charge is 0.325 e. The highest BCUT2D eigenvalue weighted by atomic mass is 32.1. The first kappa shape index (κ1) is 33.7. The number of rotatable bonds is 11. The molecule has 0 bridgehead atoms. The van der Waals surface area contributed by atoms with Crippen molar-refractivity contribution >= 4 is 34.6 Å². The van der Waals surface area contributed by atoms with E-state index in [1.807, 2.05) is 27.7 Å². The Labute approximate surface area is 263 Å². The summed E-state index contributed by atoms with van der Waals surface area (Å²) in [4.78, 5) is 37.8. The predicted octanol–water partition coefficient (Wildman–Crippen LogP) is 4.61. The molecule has 0 aromatic carbocycles. The van der Waals surface area contributed by atoms with Crippen molar-refractivity contribution in [3.8, 4) is 10.6 Å². The molecule has 1 aliphatic rings. The molecule has 0 unspecified atom stereocenters. The van der Waals surface area contributed by atoms with Crippen LogP contribution in [0.25, 0.3) is 10.6 Å². The Morgan fingerprint density at radius 3 is 2.69 bits per heavy atom. The maximum atomic E-state index is 14.5. The van der Waals surface area contributed by atoms with Gasteiger partial charge >= 0.3 is 5.97 Å². The Morgan fingerprint density at radius 1 is 1.27 bits per heavy atom. The van der Waals surface area contributed by atoms with Crippen molar-refractivity contribution < 1.29 is 27.8 Å². The minimum Gasteiger partial charge on any atom is -0.441 e. The van der Waals surface area contributed by atoms with Crippen molar-refractivity contribution in [3.63, 3.8) is 0 Å². The SMILES string of the molecule is CCOC1CCC(=N/C=C(/NC(=O)c2csc(-c3cnn(COC(=O)[C@@H](N)C(C)(C)C)c3)n2)C(=N)c2nc(F)ccc2F)CC1. The normalized spacial score (nSPS) is 16.3. The highest BCUT2D eigenvalue weighted by Gasteiger charge is 2.29. The molecule has 3 aromatic heterocycles. The molecule has 45 heavy (non-hydrogen) atoms. The number of pyridine rings is 1. The first-order valence-electron chi connectivity index (χ1n) is 14.4. The summed E-state index contributed by atoms with van der Waals surface area (Å²) >= 11 is 1.17. The van der Waals surface area contributed by atoms with Crippen molar-refractivity contribution in [2.75, 3.05) is 6.61 Å². The van der Waals surface area contributed by atoms with Gasteiger partial charge in [0.2, 0.25) is 5.95 Å². The molecular weight excluding hydrogens is 606 g/mol. The summed E-state index contributed by atoms with van der Waals surface area (Å²) in [6.07, 6.45) is 7.40. The molecule has 1 aliphatic carbocycles. The van der Waals surface area contributed by atoms with Crippen LogP contribution in [0.3, 0.4) is 0 Å². The summed E-state index contributed by atoms with van der Waals surface area (Å²) in [5.74, 6) is -3.15. The number of hydrogen-bond donors (Lipinski definition) is 3. The van der Waals surface area contributed by atoms with Gasteiger partial charge in [-0.15, -0.1) is 11.3 Å². The maximum absolute atomic E-state index is 14.5. The number of amides is 1.